The Balaban J connectivity index is 2.17. The third-order valence-corrected chi connectivity index (χ3v) is 13.5. The molecular formula is C37H54Si. The van der Waals surface area contributed by atoms with Crippen LogP contribution in [0.3, 0.4) is 0 Å². The maximum atomic E-state index is 2.83. The molecule has 2 aromatic carbocycles. The second-order valence-electron chi connectivity index (χ2n) is 12.6. The number of hydrogen-bond donors (Lipinski definition) is 0. The van der Waals surface area contributed by atoms with Crippen LogP contribution in [0.2, 0.25) is 0 Å². The number of benzene rings is 2. The summed E-state index contributed by atoms with van der Waals surface area (Å²) in [6, 6.07) is 14.1. The van der Waals surface area contributed by atoms with Crippen LogP contribution in [0.1, 0.15) is 154 Å². The molecule has 0 fully saturated rings. The zero-order valence-corrected chi connectivity index (χ0v) is 27.1. The molecule has 0 saturated carbocycles. The van der Waals surface area contributed by atoms with Gasteiger partial charge >= 0.3 is 0 Å². The average Bonchev–Trinajstić information content (AvgIpc) is 3.44. The summed E-state index contributed by atoms with van der Waals surface area (Å²) in [5, 5.41) is 3.30. The normalized spacial score (nSPS) is 20.4. The highest BCUT2D eigenvalue weighted by Gasteiger charge is 2.56. The van der Waals surface area contributed by atoms with E-state index in [1.54, 1.807) is 27.4 Å². The quantitative estimate of drug-likeness (QED) is 0.255. The largest absolute Gasteiger partial charge is 0.122 e. The third kappa shape index (κ3) is 4.13. The van der Waals surface area contributed by atoms with Gasteiger partial charge in [0.25, 0.3) is 0 Å². The van der Waals surface area contributed by atoms with Crippen molar-refractivity contribution in [2.24, 2.45) is 0 Å². The first kappa shape index (κ1) is 29.4. The van der Waals surface area contributed by atoms with Gasteiger partial charge in [0.2, 0.25) is 0 Å². The molecule has 0 atom stereocenters. The zero-order chi connectivity index (χ0) is 27.8. The van der Waals surface area contributed by atoms with Crippen molar-refractivity contribution in [2.75, 3.05) is 0 Å². The maximum absolute atomic E-state index is 2.83. The summed E-state index contributed by atoms with van der Waals surface area (Å²) >= 11 is 0. The van der Waals surface area contributed by atoms with Crippen molar-refractivity contribution in [1.82, 2.24) is 0 Å². The summed E-state index contributed by atoms with van der Waals surface area (Å²) in [7, 11) is 0.722. The monoisotopic (exact) mass is 526 g/mol. The highest BCUT2D eigenvalue weighted by atomic mass is 28.2. The van der Waals surface area contributed by atoms with Gasteiger partial charge in [-0.15, -0.1) is 0 Å². The Morgan fingerprint density at radius 1 is 0.632 bits per heavy atom. The Kier molecular flexibility index (Phi) is 8.59. The molecule has 2 aliphatic carbocycles. The van der Waals surface area contributed by atoms with Crippen LogP contribution in [0, 0.1) is 0 Å². The molecule has 2 radical (unpaired) electrons. The molecule has 0 saturated heterocycles. The minimum atomic E-state index is 0.297. The molecule has 2 aliphatic rings. The van der Waals surface area contributed by atoms with Crippen molar-refractivity contribution in [1.29, 1.82) is 0 Å². The second-order valence-corrected chi connectivity index (χ2v) is 13.9. The van der Waals surface area contributed by atoms with Gasteiger partial charge in [-0.3, -0.25) is 0 Å². The van der Waals surface area contributed by atoms with Crippen LogP contribution in [0.15, 0.2) is 42.5 Å². The van der Waals surface area contributed by atoms with Crippen molar-refractivity contribution in [3.05, 3.63) is 70.3 Å². The first-order chi connectivity index (χ1) is 18.3. The van der Waals surface area contributed by atoms with Crippen molar-refractivity contribution in [2.45, 2.75) is 148 Å². The van der Waals surface area contributed by atoms with E-state index < -0.39 is 0 Å². The fourth-order valence-corrected chi connectivity index (χ4v) is 10.7. The molecule has 0 aliphatic heterocycles. The maximum Gasteiger partial charge on any atom is 0.122 e. The van der Waals surface area contributed by atoms with Gasteiger partial charge in [-0.2, -0.15) is 0 Å². The van der Waals surface area contributed by atoms with E-state index in [1.165, 1.54) is 75.0 Å². The Labute approximate surface area is 237 Å². The van der Waals surface area contributed by atoms with Crippen LogP contribution < -0.4 is 5.19 Å². The summed E-state index contributed by atoms with van der Waals surface area (Å²) in [6.07, 6.45) is 15.1. The van der Waals surface area contributed by atoms with Crippen molar-refractivity contribution in [3.63, 3.8) is 0 Å². The Morgan fingerprint density at radius 2 is 1.03 bits per heavy atom. The smallest absolute Gasteiger partial charge is 0.0879 e. The highest BCUT2D eigenvalue weighted by molar-refractivity contribution is 6.74. The minimum Gasteiger partial charge on any atom is -0.0879 e. The first-order valence-corrected chi connectivity index (χ1v) is 17.0. The van der Waals surface area contributed by atoms with E-state index in [9.17, 15) is 0 Å². The van der Waals surface area contributed by atoms with E-state index in [4.69, 9.17) is 0 Å². The molecule has 0 heterocycles. The van der Waals surface area contributed by atoms with Gasteiger partial charge in [0, 0.05) is 0 Å². The summed E-state index contributed by atoms with van der Waals surface area (Å²) in [5.41, 5.74) is 9.74. The second kappa shape index (κ2) is 11.1. The van der Waals surface area contributed by atoms with Gasteiger partial charge in [-0.25, -0.2) is 0 Å². The number of allylic oxidation sites excluding steroid dienone is 1. The molecule has 206 valence electrons. The number of rotatable bonds is 11. The summed E-state index contributed by atoms with van der Waals surface area (Å²) < 4.78 is 0. The molecule has 0 spiro atoms. The molecule has 0 aromatic heterocycles. The van der Waals surface area contributed by atoms with Gasteiger partial charge in [0.05, 0.1) is 0 Å². The zero-order valence-electron chi connectivity index (χ0n) is 26.1. The molecule has 0 amide bonds. The molecule has 0 nitrogen and oxygen atoms in total. The topological polar surface area (TPSA) is 0 Å². The SMILES string of the molecule is C/C=C(/[Si]c1c2c(cc3c1C(CC)(CC)CC3(CC)CC)C(CC)(CC)CC2(CC)CC)c1ccccc1. The average molecular weight is 527 g/mol. The van der Waals surface area contributed by atoms with Crippen LogP contribution in [0.4, 0.5) is 0 Å². The Morgan fingerprint density at radius 3 is 1.37 bits per heavy atom. The van der Waals surface area contributed by atoms with Crippen molar-refractivity contribution < 1.29 is 0 Å². The van der Waals surface area contributed by atoms with E-state index in [0.29, 0.717) is 21.7 Å². The van der Waals surface area contributed by atoms with Crippen LogP contribution >= 0.6 is 0 Å². The standard InChI is InChI=1S/C37H54Si/c1-10-30(27-22-20-19-21-23-27)38-33-31-28(34(11-2,12-3)25-36(31,15-6)16-7)24-29-32(33)37(17-8,18-9)26-35(29,13-4)14-5/h10,19-24H,11-18,25-26H2,1-9H3/b30-10+. The molecule has 2 aromatic rings. The Bertz CT molecular complexity index is 1070. The summed E-state index contributed by atoms with van der Waals surface area (Å²) in [5.74, 6) is 0. The first-order valence-electron chi connectivity index (χ1n) is 16.0. The van der Waals surface area contributed by atoms with Crippen LogP contribution in [-0.2, 0) is 21.7 Å². The molecule has 4 rings (SSSR count). The molecular weight excluding hydrogens is 472 g/mol. The fourth-order valence-electron chi connectivity index (χ4n) is 8.94. The summed E-state index contributed by atoms with van der Waals surface area (Å²) in [6.45, 7) is 22.1. The van der Waals surface area contributed by atoms with E-state index in [0.717, 1.165) is 9.52 Å². The highest BCUT2D eigenvalue weighted by Crippen LogP contribution is 2.61. The molecule has 1 heteroatoms. The lowest BCUT2D eigenvalue weighted by Crippen LogP contribution is -2.38. The lowest BCUT2D eigenvalue weighted by Gasteiger charge is -2.36. The van der Waals surface area contributed by atoms with Crippen LogP contribution in [0.5, 0.6) is 0 Å². The van der Waals surface area contributed by atoms with Crippen molar-refractivity contribution >= 4 is 19.9 Å². The molecule has 0 bridgehead atoms. The molecule has 38 heavy (non-hydrogen) atoms. The van der Waals surface area contributed by atoms with Gasteiger partial charge < -0.3 is 0 Å². The summed E-state index contributed by atoms with van der Waals surface area (Å²) in [4.78, 5) is 0. The van der Waals surface area contributed by atoms with Crippen LogP contribution in [-0.4, -0.2) is 9.52 Å². The molecule has 0 N–H and O–H groups in total. The number of fused-ring (bicyclic) bond motifs is 2. The lowest BCUT2D eigenvalue weighted by molar-refractivity contribution is 0.279. The van der Waals surface area contributed by atoms with Crippen LogP contribution in [0.25, 0.3) is 5.20 Å². The van der Waals surface area contributed by atoms with E-state index >= 15 is 0 Å². The van der Waals surface area contributed by atoms with Gasteiger partial charge in [-0.05, 0) is 121 Å². The molecule has 0 unspecified atom stereocenters. The predicted molar refractivity (Wildman–Crippen MR) is 170 cm³/mol. The van der Waals surface area contributed by atoms with Gasteiger partial charge in [-0.1, -0.05) is 108 Å². The van der Waals surface area contributed by atoms with E-state index in [2.05, 4.69) is 105 Å². The Hall–Kier alpha value is -1.60. The van der Waals surface area contributed by atoms with Gasteiger partial charge in [0.15, 0.2) is 0 Å². The predicted octanol–water partition coefficient (Wildman–Crippen LogP) is 10.1. The van der Waals surface area contributed by atoms with Gasteiger partial charge in [0.1, 0.15) is 9.52 Å². The number of hydrogen-bond acceptors (Lipinski definition) is 0. The van der Waals surface area contributed by atoms with Crippen molar-refractivity contribution in [3.8, 4) is 0 Å². The fraction of sp³-hybridized carbons (Fsp3) is 0.622. The minimum absolute atomic E-state index is 0.297. The third-order valence-electron chi connectivity index (χ3n) is 11.9. The lowest BCUT2D eigenvalue weighted by atomic mass is 9.70. The van der Waals surface area contributed by atoms with E-state index in [1.807, 2.05) is 0 Å². The van der Waals surface area contributed by atoms with E-state index in [-0.39, 0.29) is 0 Å².